The molecule has 33 heavy (non-hydrogen) atoms. The van der Waals surface area contributed by atoms with Crippen molar-refractivity contribution in [3.05, 3.63) is 96.1 Å². The Labute approximate surface area is 191 Å². The zero-order chi connectivity index (χ0) is 23.3. The first kappa shape index (κ1) is 22.4. The molecule has 1 heterocycles. The van der Waals surface area contributed by atoms with Gasteiger partial charge in [0, 0.05) is 33.1 Å². The normalized spacial score (nSPS) is 12.6. The predicted molar refractivity (Wildman–Crippen MR) is 129 cm³/mol. The van der Waals surface area contributed by atoms with E-state index in [4.69, 9.17) is 9.88 Å². The molecule has 0 spiro atoms. The van der Waals surface area contributed by atoms with E-state index in [-0.39, 0.29) is 6.61 Å². The molecule has 0 aliphatic carbocycles. The minimum atomic E-state index is -2.53. The zero-order valence-electron chi connectivity index (χ0n) is 17.8. The van der Waals surface area contributed by atoms with Gasteiger partial charge in [0.05, 0.1) is 5.56 Å². The second kappa shape index (κ2) is 9.76. The maximum Gasteiger partial charge on any atom is 0.230 e. The van der Waals surface area contributed by atoms with E-state index in [1.54, 1.807) is 24.3 Å². The van der Waals surface area contributed by atoms with Crippen molar-refractivity contribution in [3.63, 3.8) is 0 Å². The van der Waals surface area contributed by atoms with Gasteiger partial charge in [0.15, 0.2) is 5.82 Å². The van der Waals surface area contributed by atoms with Crippen LogP contribution in [0.3, 0.4) is 0 Å². The summed E-state index contributed by atoms with van der Waals surface area (Å²) in [6.45, 7) is 0.276. The molecular formula is C24H22FN5O2S. The molecule has 0 bridgehead atoms. The van der Waals surface area contributed by atoms with Gasteiger partial charge >= 0.3 is 0 Å². The average Bonchev–Trinajstić information content (AvgIpc) is 2.78. The fourth-order valence-electron chi connectivity index (χ4n) is 3.11. The molecule has 1 unspecified atom stereocenters. The molecule has 0 amide bonds. The number of hydrogen-bond acceptors (Lipinski definition) is 6. The molecule has 7 nitrogen and oxygen atoms in total. The summed E-state index contributed by atoms with van der Waals surface area (Å²) in [4.78, 5) is 12.9. The van der Waals surface area contributed by atoms with Crippen LogP contribution in [-0.2, 0) is 16.3 Å². The Balaban J connectivity index is 1.59. The lowest BCUT2D eigenvalue weighted by atomic mass is 10.1. The molecule has 0 fully saturated rings. The van der Waals surface area contributed by atoms with Gasteiger partial charge in [-0.2, -0.15) is 4.98 Å². The standard InChI is InChI=1S/C24H22FN5O2S/c1-33(26,31)15-18-8-5-9-20(12-18)29-24-28-16-27-23(30-24)21-11-10-19(25)13-22(21)32-14-17-6-3-2-4-7-17/h2-13,15-16H,14H2,1H3,(H2,26,31)(H,27,28,29,30). The lowest BCUT2D eigenvalue weighted by molar-refractivity contribution is 0.306. The van der Waals surface area contributed by atoms with E-state index in [1.807, 2.05) is 36.4 Å². The first-order chi connectivity index (χ1) is 15.9. The molecule has 3 aromatic carbocycles. The van der Waals surface area contributed by atoms with Crippen LogP contribution in [0.5, 0.6) is 5.75 Å². The van der Waals surface area contributed by atoms with Gasteiger partial charge in [-0.15, -0.1) is 0 Å². The molecule has 4 aromatic rings. The van der Waals surface area contributed by atoms with Crippen molar-refractivity contribution in [1.29, 1.82) is 0 Å². The molecule has 3 N–H and O–H groups in total. The molecular weight excluding hydrogens is 441 g/mol. The van der Waals surface area contributed by atoms with Crippen molar-refractivity contribution < 1.29 is 13.3 Å². The number of benzene rings is 3. The van der Waals surface area contributed by atoms with Crippen LogP contribution < -0.4 is 15.2 Å². The van der Waals surface area contributed by atoms with Gasteiger partial charge in [-0.1, -0.05) is 42.5 Å². The van der Waals surface area contributed by atoms with Crippen molar-refractivity contribution in [2.75, 3.05) is 11.6 Å². The van der Waals surface area contributed by atoms with E-state index >= 15 is 0 Å². The van der Waals surface area contributed by atoms with Gasteiger partial charge in [-0.25, -0.2) is 14.4 Å². The third-order valence-electron chi connectivity index (χ3n) is 4.51. The SMILES string of the molecule is CS(N)(=O)=Cc1cccc(Nc2ncnc(-c3ccc(F)cc3OCc3ccccc3)n2)c1. The number of rotatable bonds is 7. The van der Waals surface area contributed by atoms with Crippen LogP contribution in [0.4, 0.5) is 16.0 Å². The predicted octanol–water partition coefficient (Wildman–Crippen LogP) is 3.94. The highest BCUT2D eigenvalue weighted by Gasteiger charge is 2.13. The number of aromatic nitrogens is 3. The smallest absolute Gasteiger partial charge is 0.230 e. The van der Waals surface area contributed by atoms with Crippen molar-refractivity contribution in [2.24, 2.45) is 5.14 Å². The molecule has 9 heteroatoms. The maximum absolute atomic E-state index is 13.9. The quantitative estimate of drug-likeness (QED) is 0.403. The minimum Gasteiger partial charge on any atom is -0.488 e. The highest BCUT2D eigenvalue weighted by atomic mass is 32.2. The molecule has 0 saturated carbocycles. The van der Waals surface area contributed by atoms with Gasteiger partial charge in [-0.05, 0) is 35.4 Å². The van der Waals surface area contributed by atoms with E-state index in [1.165, 1.54) is 30.1 Å². The van der Waals surface area contributed by atoms with Gasteiger partial charge in [0.2, 0.25) is 5.95 Å². The molecule has 0 aliphatic rings. The Morgan fingerprint density at radius 3 is 2.67 bits per heavy atom. The third-order valence-corrected chi connectivity index (χ3v) is 5.25. The monoisotopic (exact) mass is 463 g/mol. The van der Waals surface area contributed by atoms with Crippen LogP contribution in [0.1, 0.15) is 11.1 Å². The number of nitrogens with two attached hydrogens (primary N) is 1. The Bertz CT molecular complexity index is 1380. The summed E-state index contributed by atoms with van der Waals surface area (Å²) in [5, 5.41) is 10.2. The zero-order valence-corrected chi connectivity index (χ0v) is 18.6. The van der Waals surface area contributed by atoms with Crippen LogP contribution >= 0.6 is 0 Å². The largest absolute Gasteiger partial charge is 0.488 e. The summed E-state index contributed by atoms with van der Waals surface area (Å²) in [5.74, 6) is 0.528. The Hall–Kier alpha value is -3.82. The van der Waals surface area contributed by atoms with Gasteiger partial charge in [-0.3, -0.25) is 9.35 Å². The summed E-state index contributed by atoms with van der Waals surface area (Å²) >= 11 is 0. The van der Waals surface area contributed by atoms with E-state index < -0.39 is 15.5 Å². The first-order valence-electron chi connectivity index (χ1n) is 10.0. The van der Waals surface area contributed by atoms with Crippen LogP contribution in [-0.4, -0.2) is 30.8 Å². The number of anilines is 2. The van der Waals surface area contributed by atoms with Crippen molar-refractivity contribution >= 4 is 26.7 Å². The van der Waals surface area contributed by atoms with Crippen molar-refractivity contribution in [3.8, 4) is 17.1 Å². The molecule has 0 aliphatic heterocycles. The van der Waals surface area contributed by atoms with Crippen LogP contribution in [0, 0.1) is 5.82 Å². The summed E-state index contributed by atoms with van der Waals surface area (Å²) in [6, 6.07) is 21.0. The minimum absolute atomic E-state index is 0.276. The fourth-order valence-corrected chi connectivity index (χ4v) is 3.80. The van der Waals surface area contributed by atoms with E-state index in [0.717, 1.165) is 5.56 Å². The highest BCUT2D eigenvalue weighted by molar-refractivity contribution is 7.98. The van der Waals surface area contributed by atoms with Crippen molar-refractivity contribution in [2.45, 2.75) is 6.61 Å². The number of nitrogens with one attached hydrogen (secondary N) is 1. The highest BCUT2D eigenvalue weighted by Crippen LogP contribution is 2.29. The van der Waals surface area contributed by atoms with E-state index in [2.05, 4.69) is 20.3 Å². The average molecular weight is 464 g/mol. The number of halogens is 1. The third kappa shape index (κ3) is 6.34. The van der Waals surface area contributed by atoms with Crippen LogP contribution in [0.2, 0.25) is 0 Å². The van der Waals surface area contributed by atoms with E-state index in [0.29, 0.717) is 34.3 Å². The first-order valence-corrected chi connectivity index (χ1v) is 12.1. The molecule has 0 saturated heterocycles. The van der Waals surface area contributed by atoms with Crippen molar-refractivity contribution in [1.82, 2.24) is 15.0 Å². The van der Waals surface area contributed by atoms with Crippen LogP contribution in [0.25, 0.3) is 11.4 Å². The van der Waals surface area contributed by atoms with Gasteiger partial charge in [0.25, 0.3) is 0 Å². The number of nitrogens with zero attached hydrogens (tertiary/aromatic N) is 3. The molecule has 0 radical (unpaired) electrons. The topological polar surface area (TPSA) is 103 Å². The maximum atomic E-state index is 13.9. The van der Waals surface area contributed by atoms with E-state index in [9.17, 15) is 8.60 Å². The number of hydrogen-bond donors (Lipinski definition) is 2. The summed E-state index contributed by atoms with van der Waals surface area (Å²) in [6.07, 6.45) is 2.83. The van der Waals surface area contributed by atoms with Crippen LogP contribution in [0.15, 0.2) is 79.1 Å². The second-order valence-electron chi connectivity index (χ2n) is 7.38. The second-order valence-corrected chi connectivity index (χ2v) is 9.55. The Kier molecular flexibility index (Phi) is 6.62. The lowest BCUT2D eigenvalue weighted by Crippen LogP contribution is -2.13. The Morgan fingerprint density at radius 2 is 1.88 bits per heavy atom. The number of ether oxygens (including phenoxy) is 1. The molecule has 4 rings (SSSR count). The molecule has 168 valence electrons. The Morgan fingerprint density at radius 1 is 1.06 bits per heavy atom. The van der Waals surface area contributed by atoms with Gasteiger partial charge < -0.3 is 10.1 Å². The molecule has 1 atom stereocenters. The van der Waals surface area contributed by atoms with Gasteiger partial charge in [0.1, 0.15) is 24.5 Å². The summed E-state index contributed by atoms with van der Waals surface area (Å²) < 4.78 is 31.7. The molecule has 1 aromatic heterocycles. The summed E-state index contributed by atoms with van der Waals surface area (Å²) in [7, 11) is -2.53. The lowest BCUT2D eigenvalue weighted by Gasteiger charge is -2.12. The summed E-state index contributed by atoms with van der Waals surface area (Å²) in [5.41, 5.74) is 2.88. The fraction of sp³-hybridized carbons (Fsp3) is 0.0833.